The number of nitrogens with zero attached hydrogens (tertiary/aromatic N) is 1. The van der Waals surface area contributed by atoms with Crippen LogP contribution in [-0.4, -0.2) is 37.8 Å². The molecule has 5 nitrogen and oxygen atoms in total. The zero-order valence-electron chi connectivity index (χ0n) is 17.3. The Bertz CT molecular complexity index is 956. The summed E-state index contributed by atoms with van der Waals surface area (Å²) in [5.74, 6) is -0.353. The summed E-state index contributed by atoms with van der Waals surface area (Å²) >= 11 is 6.24. The van der Waals surface area contributed by atoms with Crippen molar-refractivity contribution < 1.29 is 13.2 Å². The predicted octanol–water partition coefficient (Wildman–Crippen LogP) is 4.66. The molecule has 0 radical (unpaired) electrons. The topological polar surface area (TPSA) is 66.5 Å². The van der Waals surface area contributed by atoms with Crippen LogP contribution >= 0.6 is 11.6 Å². The number of benzene rings is 2. The summed E-state index contributed by atoms with van der Waals surface area (Å²) in [6.45, 7) is 2.97. The number of aryl methyl sites for hydroxylation is 1. The highest BCUT2D eigenvalue weighted by Gasteiger charge is 2.26. The minimum Gasteiger partial charge on any atom is -0.350 e. The van der Waals surface area contributed by atoms with Gasteiger partial charge in [-0.25, -0.2) is 8.42 Å². The van der Waals surface area contributed by atoms with Crippen LogP contribution in [0.25, 0.3) is 0 Å². The highest BCUT2D eigenvalue weighted by Crippen LogP contribution is 2.25. The molecule has 0 unspecified atom stereocenters. The van der Waals surface area contributed by atoms with Gasteiger partial charge in [-0.05, 0) is 56.4 Å². The van der Waals surface area contributed by atoms with Crippen LogP contribution in [0.2, 0.25) is 5.02 Å². The first-order valence-electron chi connectivity index (χ1n) is 10.5. The molecule has 2 aromatic rings. The SMILES string of the molecule is C[C@H](CCc1ccccc1)NC(=O)c1cc(S(=O)(=O)N2CCCCCC2)ccc1Cl. The first-order chi connectivity index (χ1) is 14.4. The largest absolute Gasteiger partial charge is 0.350 e. The van der Waals surface area contributed by atoms with Gasteiger partial charge in [0.15, 0.2) is 0 Å². The van der Waals surface area contributed by atoms with Crippen LogP contribution < -0.4 is 5.32 Å². The Morgan fingerprint density at radius 2 is 1.73 bits per heavy atom. The lowest BCUT2D eigenvalue weighted by molar-refractivity contribution is 0.0938. The van der Waals surface area contributed by atoms with Crippen molar-refractivity contribution in [2.24, 2.45) is 0 Å². The summed E-state index contributed by atoms with van der Waals surface area (Å²) < 4.78 is 27.6. The third-order valence-electron chi connectivity index (χ3n) is 5.47. The van der Waals surface area contributed by atoms with E-state index in [4.69, 9.17) is 11.6 Å². The molecule has 1 aliphatic rings. The Morgan fingerprint density at radius 1 is 1.07 bits per heavy atom. The molecule has 3 rings (SSSR count). The molecule has 1 saturated heterocycles. The molecule has 1 atom stereocenters. The van der Waals surface area contributed by atoms with Gasteiger partial charge in [0.05, 0.1) is 15.5 Å². The summed E-state index contributed by atoms with van der Waals surface area (Å²) in [6.07, 6.45) is 5.43. The molecule has 0 aromatic heterocycles. The molecule has 1 amide bonds. The molecule has 1 fully saturated rings. The average molecular weight is 449 g/mol. The Kier molecular flexibility index (Phi) is 7.92. The number of hydrogen-bond acceptors (Lipinski definition) is 3. The van der Waals surface area contributed by atoms with Crippen LogP contribution in [0.15, 0.2) is 53.4 Å². The monoisotopic (exact) mass is 448 g/mol. The van der Waals surface area contributed by atoms with Gasteiger partial charge in [-0.15, -0.1) is 0 Å². The summed E-state index contributed by atoms with van der Waals surface area (Å²) in [4.78, 5) is 12.9. The van der Waals surface area contributed by atoms with E-state index >= 15 is 0 Å². The van der Waals surface area contributed by atoms with E-state index in [-0.39, 0.29) is 27.4 Å². The van der Waals surface area contributed by atoms with E-state index < -0.39 is 10.0 Å². The van der Waals surface area contributed by atoms with Gasteiger partial charge in [0.2, 0.25) is 10.0 Å². The molecule has 0 bridgehead atoms. The Morgan fingerprint density at radius 3 is 2.40 bits per heavy atom. The molecule has 30 heavy (non-hydrogen) atoms. The molecule has 1 N–H and O–H groups in total. The van der Waals surface area contributed by atoms with Gasteiger partial charge in [0.25, 0.3) is 5.91 Å². The van der Waals surface area contributed by atoms with Gasteiger partial charge in [0.1, 0.15) is 0 Å². The van der Waals surface area contributed by atoms with Crippen molar-refractivity contribution in [3.05, 3.63) is 64.7 Å². The van der Waals surface area contributed by atoms with E-state index in [9.17, 15) is 13.2 Å². The third-order valence-corrected chi connectivity index (χ3v) is 7.70. The minimum absolute atomic E-state index is 0.0698. The van der Waals surface area contributed by atoms with Crippen LogP contribution in [0.1, 0.15) is 54.9 Å². The fraction of sp³-hybridized carbons (Fsp3) is 0.435. The van der Waals surface area contributed by atoms with Crippen molar-refractivity contribution in [3.63, 3.8) is 0 Å². The maximum atomic E-state index is 13.1. The third kappa shape index (κ3) is 5.84. The second-order valence-corrected chi connectivity index (χ2v) is 10.2. The molecule has 7 heteroatoms. The first-order valence-corrected chi connectivity index (χ1v) is 12.3. The van der Waals surface area contributed by atoms with Gasteiger partial charge in [-0.2, -0.15) is 4.31 Å². The minimum atomic E-state index is -3.64. The lowest BCUT2D eigenvalue weighted by Gasteiger charge is -2.21. The molecule has 1 aliphatic heterocycles. The molecule has 162 valence electrons. The molecule has 0 spiro atoms. The van der Waals surface area contributed by atoms with Gasteiger partial charge < -0.3 is 5.32 Å². The molecular formula is C23H29ClN2O3S. The van der Waals surface area contributed by atoms with Gasteiger partial charge >= 0.3 is 0 Å². The van der Waals surface area contributed by atoms with Crippen molar-refractivity contribution >= 4 is 27.5 Å². The average Bonchev–Trinajstić information content (AvgIpc) is 3.03. The van der Waals surface area contributed by atoms with Crippen molar-refractivity contribution in [1.29, 1.82) is 0 Å². The first kappa shape index (κ1) is 22.8. The fourth-order valence-corrected chi connectivity index (χ4v) is 5.42. The Labute approximate surface area is 184 Å². The summed E-state index contributed by atoms with van der Waals surface area (Å²) in [7, 11) is -3.64. The Balaban J connectivity index is 1.70. The summed E-state index contributed by atoms with van der Waals surface area (Å²) in [5.41, 5.74) is 1.40. The number of nitrogens with one attached hydrogen (secondary N) is 1. The normalized spacial score (nSPS) is 16.6. The zero-order valence-corrected chi connectivity index (χ0v) is 18.9. The van der Waals surface area contributed by atoms with Gasteiger partial charge in [-0.3, -0.25) is 4.79 Å². The van der Waals surface area contributed by atoms with E-state index in [1.807, 2.05) is 25.1 Å². The predicted molar refractivity (Wildman–Crippen MR) is 120 cm³/mol. The van der Waals surface area contributed by atoms with Crippen LogP contribution in [-0.2, 0) is 16.4 Å². The fourth-order valence-electron chi connectivity index (χ4n) is 3.67. The van der Waals surface area contributed by atoms with E-state index in [0.29, 0.717) is 13.1 Å². The number of hydrogen-bond donors (Lipinski definition) is 1. The van der Waals surface area contributed by atoms with Gasteiger partial charge in [0, 0.05) is 19.1 Å². The number of amides is 1. The van der Waals surface area contributed by atoms with Crippen molar-refractivity contribution in [3.8, 4) is 0 Å². The zero-order chi connectivity index (χ0) is 21.6. The standard InChI is InChI=1S/C23H29ClN2O3S/c1-18(11-12-19-9-5-4-6-10-19)25-23(27)21-17-20(13-14-22(21)24)30(28,29)26-15-7-2-3-8-16-26/h4-6,9-10,13-14,17-18H,2-3,7-8,11-12,15-16H2,1H3,(H,25,27)/t18-/m1/s1. The maximum absolute atomic E-state index is 13.1. The molecule has 0 aliphatic carbocycles. The number of carbonyl (C=O) groups excluding carboxylic acids is 1. The molecule has 2 aromatic carbocycles. The van der Waals surface area contributed by atoms with Crippen molar-refractivity contribution in [1.82, 2.24) is 9.62 Å². The smallest absolute Gasteiger partial charge is 0.253 e. The number of sulfonamides is 1. The van der Waals surface area contributed by atoms with Crippen molar-refractivity contribution in [2.45, 2.75) is 56.4 Å². The number of rotatable bonds is 7. The highest BCUT2D eigenvalue weighted by atomic mass is 35.5. The molecular weight excluding hydrogens is 420 g/mol. The van der Waals surface area contributed by atoms with Crippen LogP contribution in [0, 0.1) is 0 Å². The van der Waals surface area contributed by atoms with Crippen LogP contribution in [0.3, 0.4) is 0 Å². The lowest BCUT2D eigenvalue weighted by Crippen LogP contribution is -2.34. The maximum Gasteiger partial charge on any atom is 0.253 e. The van der Waals surface area contributed by atoms with Crippen LogP contribution in [0.4, 0.5) is 0 Å². The Hall–Kier alpha value is -1.89. The van der Waals surface area contributed by atoms with E-state index in [1.54, 1.807) is 0 Å². The second-order valence-electron chi connectivity index (χ2n) is 7.86. The number of carbonyl (C=O) groups is 1. The summed E-state index contributed by atoms with van der Waals surface area (Å²) in [6, 6.07) is 14.4. The quantitative estimate of drug-likeness (QED) is 0.670. The number of halogens is 1. The summed E-state index contributed by atoms with van der Waals surface area (Å²) in [5, 5.41) is 3.19. The van der Waals surface area contributed by atoms with E-state index in [1.165, 1.54) is 28.1 Å². The highest BCUT2D eigenvalue weighted by molar-refractivity contribution is 7.89. The second kappa shape index (κ2) is 10.4. The van der Waals surface area contributed by atoms with E-state index in [2.05, 4.69) is 17.4 Å². The molecule has 0 saturated carbocycles. The van der Waals surface area contributed by atoms with Gasteiger partial charge in [-0.1, -0.05) is 54.8 Å². The molecule has 1 heterocycles. The van der Waals surface area contributed by atoms with Crippen molar-refractivity contribution in [2.75, 3.05) is 13.1 Å². The van der Waals surface area contributed by atoms with E-state index in [0.717, 1.165) is 38.5 Å². The van der Waals surface area contributed by atoms with Crippen LogP contribution in [0.5, 0.6) is 0 Å². The lowest BCUT2D eigenvalue weighted by atomic mass is 10.1.